The molecule has 4 aromatic rings. The molecule has 11 nitrogen and oxygen atoms in total. The van der Waals surface area contributed by atoms with Gasteiger partial charge in [0, 0.05) is 61.2 Å². The van der Waals surface area contributed by atoms with E-state index in [2.05, 4.69) is 59.4 Å². The maximum atomic E-state index is 6.18. The molecular formula is C29H35N9O2. The second-order valence-corrected chi connectivity index (χ2v) is 11.1. The van der Waals surface area contributed by atoms with Gasteiger partial charge in [-0.25, -0.2) is 9.97 Å². The maximum Gasteiger partial charge on any atom is 0.254 e. The van der Waals surface area contributed by atoms with Crippen LogP contribution in [-0.2, 0) is 0 Å². The summed E-state index contributed by atoms with van der Waals surface area (Å²) in [6.07, 6.45) is 7.51. The number of piperazine rings is 1. The SMILES string of the molecule is COc1cc2cnc(-n3nc(Nc4ccc(N5CCN([C@H]6C[C@@H]7CC[C@H]6C7)CC5)cc4)nc3N)nc2cc1OC. The molecule has 208 valence electrons. The summed E-state index contributed by atoms with van der Waals surface area (Å²) in [6, 6.07) is 12.9. The van der Waals surface area contributed by atoms with Crippen LogP contribution in [0, 0.1) is 11.8 Å². The van der Waals surface area contributed by atoms with E-state index < -0.39 is 0 Å². The average molecular weight is 542 g/mol. The van der Waals surface area contributed by atoms with E-state index in [0.29, 0.717) is 28.9 Å². The van der Waals surface area contributed by atoms with Gasteiger partial charge in [-0.1, -0.05) is 6.42 Å². The van der Waals surface area contributed by atoms with E-state index in [1.54, 1.807) is 26.5 Å². The summed E-state index contributed by atoms with van der Waals surface area (Å²) >= 11 is 0. The van der Waals surface area contributed by atoms with Gasteiger partial charge in [-0.2, -0.15) is 9.67 Å². The number of fused-ring (bicyclic) bond motifs is 3. The number of hydrogen-bond donors (Lipinski definition) is 2. The smallest absolute Gasteiger partial charge is 0.254 e. The molecule has 2 aromatic heterocycles. The minimum Gasteiger partial charge on any atom is -0.493 e. The standard InChI is InChI=1S/C29H35N9O2/c1-39-25-15-20-17-31-29(33-23(20)16-26(25)40-2)38-27(30)34-28(35-38)32-21-5-7-22(8-6-21)36-9-11-37(12-10-36)24-14-18-3-4-19(24)13-18/h5-8,15-19,24H,3-4,9-14H2,1-2H3,(H3,30,32,34,35)/t18-,19+,24+/m1/s1. The molecule has 0 unspecified atom stereocenters. The lowest BCUT2D eigenvalue weighted by molar-refractivity contribution is 0.135. The molecule has 3 heterocycles. The molecule has 3 atom stereocenters. The van der Waals surface area contributed by atoms with E-state index in [1.807, 2.05) is 6.07 Å². The summed E-state index contributed by atoms with van der Waals surface area (Å²) in [5.74, 6) is 4.03. The Bertz CT molecular complexity index is 1510. The second-order valence-electron chi connectivity index (χ2n) is 11.1. The second kappa shape index (κ2) is 10.1. The molecule has 3 fully saturated rings. The van der Waals surface area contributed by atoms with Crippen LogP contribution in [0.5, 0.6) is 11.5 Å². The summed E-state index contributed by atoms with van der Waals surface area (Å²) in [7, 11) is 3.18. The van der Waals surface area contributed by atoms with Crippen LogP contribution in [0.3, 0.4) is 0 Å². The molecule has 11 heteroatoms. The number of rotatable bonds is 7. The average Bonchev–Trinajstić information content (AvgIpc) is 3.73. The van der Waals surface area contributed by atoms with Crippen molar-refractivity contribution in [3.05, 3.63) is 42.6 Å². The van der Waals surface area contributed by atoms with Crippen LogP contribution < -0.4 is 25.4 Å². The molecule has 2 bridgehead atoms. The molecular weight excluding hydrogens is 506 g/mol. The number of nitrogens with one attached hydrogen (secondary N) is 1. The Morgan fingerprint density at radius 1 is 0.925 bits per heavy atom. The quantitative estimate of drug-likeness (QED) is 0.357. The molecule has 2 aliphatic carbocycles. The van der Waals surface area contributed by atoms with E-state index in [0.717, 1.165) is 55.1 Å². The summed E-state index contributed by atoms with van der Waals surface area (Å²) in [4.78, 5) is 18.7. The van der Waals surface area contributed by atoms with Crippen molar-refractivity contribution in [1.29, 1.82) is 0 Å². The van der Waals surface area contributed by atoms with Crippen molar-refractivity contribution >= 4 is 34.2 Å². The van der Waals surface area contributed by atoms with Crippen LogP contribution in [0.25, 0.3) is 16.9 Å². The first-order chi connectivity index (χ1) is 19.6. The number of nitrogens with zero attached hydrogens (tertiary/aromatic N) is 7. The lowest BCUT2D eigenvalue weighted by atomic mass is 9.93. The fraction of sp³-hybridized carbons (Fsp3) is 0.448. The fourth-order valence-electron chi connectivity index (χ4n) is 6.83. The van der Waals surface area contributed by atoms with Gasteiger partial charge < -0.3 is 25.4 Å². The zero-order chi connectivity index (χ0) is 27.2. The largest absolute Gasteiger partial charge is 0.493 e. The van der Waals surface area contributed by atoms with E-state index in [-0.39, 0.29) is 5.95 Å². The zero-order valence-corrected chi connectivity index (χ0v) is 23.0. The first-order valence-corrected chi connectivity index (χ1v) is 14.1. The third-order valence-electron chi connectivity index (χ3n) is 8.87. The lowest BCUT2D eigenvalue weighted by Gasteiger charge is -2.41. The Hall–Kier alpha value is -4.12. The molecule has 0 spiro atoms. The summed E-state index contributed by atoms with van der Waals surface area (Å²) in [6.45, 7) is 4.47. The van der Waals surface area contributed by atoms with Crippen molar-refractivity contribution in [2.75, 3.05) is 56.3 Å². The zero-order valence-electron chi connectivity index (χ0n) is 23.0. The Balaban J connectivity index is 1.01. The van der Waals surface area contributed by atoms with E-state index in [1.165, 1.54) is 36.1 Å². The summed E-state index contributed by atoms with van der Waals surface area (Å²) < 4.78 is 12.2. The monoisotopic (exact) mass is 541 g/mol. The molecule has 0 amide bonds. The van der Waals surface area contributed by atoms with Gasteiger partial charge in [0.25, 0.3) is 5.95 Å². The number of ether oxygens (including phenoxy) is 2. The molecule has 0 radical (unpaired) electrons. The van der Waals surface area contributed by atoms with E-state index in [9.17, 15) is 0 Å². The Morgan fingerprint density at radius 3 is 2.40 bits per heavy atom. The highest BCUT2D eigenvalue weighted by Gasteiger charge is 2.42. The highest BCUT2D eigenvalue weighted by molar-refractivity contribution is 5.82. The van der Waals surface area contributed by atoms with Gasteiger partial charge in [0.2, 0.25) is 11.9 Å². The first-order valence-electron chi connectivity index (χ1n) is 14.1. The van der Waals surface area contributed by atoms with Crippen molar-refractivity contribution in [2.24, 2.45) is 11.8 Å². The van der Waals surface area contributed by atoms with Crippen LogP contribution in [0.15, 0.2) is 42.6 Å². The van der Waals surface area contributed by atoms with Crippen LogP contribution in [0.2, 0.25) is 0 Å². The highest BCUT2D eigenvalue weighted by atomic mass is 16.5. The van der Waals surface area contributed by atoms with Crippen LogP contribution in [-0.4, -0.2) is 76.1 Å². The lowest BCUT2D eigenvalue weighted by Crippen LogP contribution is -2.51. The highest BCUT2D eigenvalue weighted by Crippen LogP contribution is 2.46. The van der Waals surface area contributed by atoms with Crippen LogP contribution in [0.4, 0.5) is 23.3 Å². The maximum absolute atomic E-state index is 6.18. The van der Waals surface area contributed by atoms with Crippen molar-refractivity contribution in [1.82, 2.24) is 29.6 Å². The Labute approximate surface area is 233 Å². The molecule has 2 saturated carbocycles. The normalized spacial score (nSPS) is 22.6. The Kier molecular flexibility index (Phi) is 6.30. The number of nitrogens with two attached hydrogens (primary N) is 1. The number of anilines is 4. The van der Waals surface area contributed by atoms with Crippen LogP contribution >= 0.6 is 0 Å². The van der Waals surface area contributed by atoms with Gasteiger partial charge in [-0.3, -0.25) is 4.90 Å². The van der Waals surface area contributed by atoms with Crippen molar-refractivity contribution in [2.45, 2.75) is 31.7 Å². The third-order valence-corrected chi connectivity index (χ3v) is 8.87. The topological polar surface area (TPSA) is 119 Å². The molecule has 3 N–H and O–H groups in total. The minimum absolute atomic E-state index is 0.187. The minimum atomic E-state index is 0.187. The third kappa shape index (κ3) is 4.53. The number of methoxy groups -OCH3 is 2. The van der Waals surface area contributed by atoms with Gasteiger partial charge >= 0.3 is 0 Å². The molecule has 40 heavy (non-hydrogen) atoms. The molecule has 1 saturated heterocycles. The van der Waals surface area contributed by atoms with Gasteiger partial charge in [0.05, 0.1) is 19.7 Å². The number of benzene rings is 2. The Morgan fingerprint density at radius 2 is 1.70 bits per heavy atom. The van der Waals surface area contributed by atoms with Gasteiger partial charge in [0.15, 0.2) is 11.5 Å². The number of nitrogen functional groups attached to an aromatic ring is 1. The molecule has 2 aromatic carbocycles. The van der Waals surface area contributed by atoms with Crippen LogP contribution in [0.1, 0.15) is 25.7 Å². The van der Waals surface area contributed by atoms with Crippen molar-refractivity contribution in [3.8, 4) is 17.4 Å². The predicted octanol–water partition coefficient (Wildman–Crippen LogP) is 3.86. The number of aromatic nitrogens is 5. The van der Waals surface area contributed by atoms with Gasteiger partial charge in [-0.15, -0.1) is 5.10 Å². The first kappa shape index (κ1) is 24.9. The van der Waals surface area contributed by atoms with Gasteiger partial charge in [-0.05, 0) is 61.4 Å². The fourth-order valence-corrected chi connectivity index (χ4v) is 6.83. The summed E-state index contributed by atoms with van der Waals surface area (Å²) in [5.41, 5.74) is 8.99. The van der Waals surface area contributed by atoms with Crippen molar-refractivity contribution < 1.29 is 9.47 Å². The van der Waals surface area contributed by atoms with Gasteiger partial charge in [0.1, 0.15) is 0 Å². The van der Waals surface area contributed by atoms with E-state index in [4.69, 9.17) is 15.2 Å². The predicted molar refractivity (Wildman–Crippen MR) is 155 cm³/mol. The molecule has 1 aliphatic heterocycles. The summed E-state index contributed by atoms with van der Waals surface area (Å²) in [5, 5.41) is 8.57. The van der Waals surface area contributed by atoms with E-state index >= 15 is 0 Å². The molecule has 3 aliphatic rings. The van der Waals surface area contributed by atoms with Crippen molar-refractivity contribution in [3.63, 3.8) is 0 Å². The molecule has 7 rings (SSSR count). The number of hydrogen-bond acceptors (Lipinski definition) is 10.